The van der Waals surface area contributed by atoms with E-state index in [2.05, 4.69) is 15.6 Å². The fourth-order valence-corrected chi connectivity index (χ4v) is 2.77. The third-order valence-electron chi connectivity index (χ3n) is 3.95. The van der Waals surface area contributed by atoms with Crippen molar-refractivity contribution in [1.29, 1.82) is 0 Å². The minimum absolute atomic E-state index is 0.363. The van der Waals surface area contributed by atoms with Crippen LogP contribution in [-0.2, 0) is 7.05 Å². The maximum absolute atomic E-state index is 12.6. The zero-order valence-electron chi connectivity index (χ0n) is 14.4. The Morgan fingerprint density at radius 1 is 1.19 bits per heavy atom. The van der Waals surface area contributed by atoms with Crippen LogP contribution in [0.15, 0.2) is 60.9 Å². The second-order valence-corrected chi connectivity index (χ2v) is 6.12. The van der Waals surface area contributed by atoms with Crippen molar-refractivity contribution >= 4 is 23.3 Å². The molecule has 2 amide bonds. The van der Waals surface area contributed by atoms with Crippen LogP contribution in [0, 0.1) is 0 Å². The summed E-state index contributed by atoms with van der Waals surface area (Å²) >= 11 is 5.98. The molecule has 0 aliphatic carbocycles. The lowest BCUT2D eigenvalue weighted by Gasteiger charge is -2.20. The quantitative estimate of drug-likeness (QED) is 0.713. The highest BCUT2D eigenvalue weighted by atomic mass is 35.5. The van der Waals surface area contributed by atoms with Crippen molar-refractivity contribution in [3.8, 4) is 5.75 Å². The van der Waals surface area contributed by atoms with Crippen molar-refractivity contribution in [3.05, 3.63) is 77.3 Å². The van der Waals surface area contributed by atoms with Gasteiger partial charge in [0.2, 0.25) is 0 Å². The Morgan fingerprint density at radius 2 is 1.92 bits per heavy atom. The lowest BCUT2D eigenvalue weighted by Crippen LogP contribution is -2.34. The van der Waals surface area contributed by atoms with E-state index in [0.717, 1.165) is 5.56 Å². The SMILES string of the molecule is COc1ccccc1NC(=O)N[C@H](c1ccc(Cl)cc1)c1nccn1C. The highest BCUT2D eigenvalue weighted by Gasteiger charge is 2.21. The van der Waals surface area contributed by atoms with E-state index in [-0.39, 0.29) is 6.03 Å². The van der Waals surface area contributed by atoms with E-state index >= 15 is 0 Å². The normalized spacial score (nSPS) is 11.7. The van der Waals surface area contributed by atoms with Gasteiger partial charge in [0.05, 0.1) is 12.8 Å². The molecule has 0 bridgehead atoms. The lowest BCUT2D eigenvalue weighted by atomic mass is 10.1. The maximum atomic E-state index is 12.6. The lowest BCUT2D eigenvalue weighted by molar-refractivity contribution is 0.249. The Hall–Kier alpha value is -2.99. The number of hydrogen-bond donors (Lipinski definition) is 2. The molecule has 0 fully saturated rings. The van der Waals surface area contributed by atoms with Gasteiger partial charge in [0, 0.05) is 24.5 Å². The third kappa shape index (κ3) is 3.97. The van der Waals surface area contributed by atoms with Crippen molar-refractivity contribution in [2.24, 2.45) is 7.05 Å². The van der Waals surface area contributed by atoms with E-state index in [9.17, 15) is 4.79 Å². The number of anilines is 1. The first kappa shape index (κ1) is 17.8. The predicted molar refractivity (Wildman–Crippen MR) is 102 cm³/mol. The molecule has 0 spiro atoms. The molecular weight excluding hydrogens is 352 g/mol. The van der Waals surface area contributed by atoms with Crippen LogP contribution in [0.25, 0.3) is 0 Å². The molecule has 6 nitrogen and oxygen atoms in total. The average molecular weight is 371 g/mol. The van der Waals surface area contributed by atoms with Gasteiger partial charge in [-0.05, 0) is 29.8 Å². The maximum Gasteiger partial charge on any atom is 0.320 e. The minimum atomic E-state index is -0.429. The molecule has 0 saturated carbocycles. The van der Waals surface area contributed by atoms with Gasteiger partial charge in [-0.2, -0.15) is 0 Å². The summed E-state index contributed by atoms with van der Waals surface area (Å²) in [5, 5.41) is 6.41. The first-order valence-corrected chi connectivity index (χ1v) is 8.39. The molecule has 7 heteroatoms. The topological polar surface area (TPSA) is 68.2 Å². The van der Waals surface area contributed by atoms with E-state index in [1.807, 2.05) is 42.1 Å². The van der Waals surface area contributed by atoms with E-state index < -0.39 is 6.04 Å². The predicted octanol–water partition coefficient (Wildman–Crippen LogP) is 3.99. The van der Waals surface area contributed by atoms with Crippen LogP contribution in [0.5, 0.6) is 5.75 Å². The molecule has 0 radical (unpaired) electrons. The minimum Gasteiger partial charge on any atom is -0.495 e. The summed E-state index contributed by atoms with van der Waals surface area (Å²) in [6, 6.07) is 13.7. The number of ether oxygens (including phenoxy) is 1. The van der Waals surface area contributed by atoms with Crippen molar-refractivity contribution in [3.63, 3.8) is 0 Å². The van der Waals surface area contributed by atoms with Crippen LogP contribution in [0.2, 0.25) is 5.02 Å². The molecule has 2 N–H and O–H groups in total. The summed E-state index contributed by atoms with van der Waals surface area (Å²) in [7, 11) is 3.44. The van der Waals surface area contributed by atoms with Gasteiger partial charge in [-0.1, -0.05) is 35.9 Å². The summed E-state index contributed by atoms with van der Waals surface area (Å²) in [5.74, 6) is 1.30. The van der Waals surface area contributed by atoms with E-state index in [1.54, 1.807) is 37.6 Å². The van der Waals surface area contributed by atoms with Gasteiger partial charge in [-0.25, -0.2) is 9.78 Å². The number of benzene rings is 2. The summed E-state index contributed by atoms with van der Waals surface area (Å²) in [6.45, 7) is 0. The molecule has 26 heavy (non-hydrogen) atoms. The Balaban J connectivity index is 1.85. The summed E-state index contributed by atoms with van der Waals surface area (Å²) in [6.07, 6.45) is 3.52. The van der Waals surface area contributed by atoms with Crippen LogP contribution in [0.3, 0.4) is 0 Å². The van der Waals surface area contributed by atoms with Crippen LogP contribution in [0.4, 0.5) is 10.5 Å². The fraction of sp³-hybridized carbons (Fsp3) is 0.158. The number of nitrogens with one attached hydrogen (secondary N) is 2. The number of para-hydroxylation sites is 2. The molecule has 1 atom stereocenters. The van der Waals surface area contributed by atoms with Crippen molar-refractivity contribution in [2.45, 2.75) is 6.04 Å². The van der Waals surface area contributed by atoms with Gasteiger partial charge >= 0.3 is 6.03 Å². The molecule has 0 aliphatic heterocycles. The van der Waals surface area contributed by atoms with Crippen LogP contribution < -0.4 is 15.4 Å². The standard InChI is InChI=1S/C19H19ClN4O2/c1-24-12-11-21-18(24)17(13-7-9-14(20)10-8-13)23-19(25)22-15-5-3-4-6-16(15)26-2/h3-12,17H,1-2H3,(H2,22,23,25)/t17-/m1/s1. The number of carbonyl (C=O) groups excluding carboxylic acids is 1. The zero-order chi connectivity index (χ0) is 18.5. The van der Waals surface area contributed by atoms with Crippen LogP contribution in [-0.4, -0.2) is 22.7 Å². The highest BCUT2D eigenvalue weighted by Crippen LogP contribution is 2.25. The van der Waals surface area contributed by atoms with Crippen molar-refractivity contribution in [1.82, 2.24) is 14.9 Å². The number of halogens is 1. The molecule has 0 saturated heterocycles. The van der Waals surface area contributed by atoms with Gasteiger partial charge in [-0.15, -0.1) is 0 Å². The smallest absolute Gasteiger partial charge is 0.320 e. The number of nitrogens with zero attached hydrogens (tertiary/aromatic N) is 2. The summed E-state index contributed by atoms with van der Waals surface area (Å²) in [5.41, 5.74) is 1.46. The molecule has 1 heterocycles. The van der Waals surface area contributed by atoms with E-state index in [1.165, 1.54) is 0 Å². The second-order valence-electron chi connectivity index (χ2n) is 5.68. The monoisotopic (exact) mass is 370 g/mol. The van der Waals surface area contributed by atoms with Crippen molar-refractivity contribution < 1.29 is 9.53 Å². The third-order valence-corrected chi connectivity index (χ3v) is 4.20. The summed E-state index contributed by atoms with van der Waals surface area (Å²) in [4.78, 5) is 17.0. The van der Waals surface area contributed by atoms with Gasteiger partial charge in [0.1, 0.15) is 17.6 Å². The molecular formula is C19H19ClN4O2. The van der Waals surface area contributed by atoms with Gasteiger partial charge in [-0.3, -0.25) is 0 Å². The number of methoxy groups -OCH3 is 1. The number of amides is 2. The second kappa shape index (κ2) is 7.93. The number of carbonyl (C=O) groups is 1. The molecule has 0 unspecified atom stereocenters. The van der Waals surface area contributed by atoms with E-state index in [0.29, 0.717) is 22.3 Å². The number of imidazole rings is 1. The number of aromatic nitrogens is 2. The number of rotatable bonds is 5. The van der Waals surface area contributed by atoms with E-state index in [4.69, 9.17) is 16.3 Å². The van der Waals surface area contributed by atoms with Gasteiger partial charge in [0.15, 0.2) is 0 Å². The largest absolute Gasteiger partial charge is 0.495 e. The molecule has 3 rings (SSSR count). The molecule has 3 aromatic rings. The number of aryl methyl sites for hydroxylation is 1. The molecule has 134 valence electrons. The Labute approximate surface area is 156 Å². The Morgan fingerprint density at radius 3 is 2.58 bits per heavy atom. The number of hydrogen-bond acceptors (Lipinski definition) is 3. The summed E-state index contributed by atoms with van der Waals surface area (Å²) < 4.78 is 7.13. The number of urea groups is 1. The molecule has 2 aromatic carbocycles. The Kier molecular flexibility index (Phi) is 5.43. The molecule has 0 aliphatic rings. The van der Waals surface area contributed by atoms with Crippen LogP contribution >= 0.6 is 11.6 Å². The van der Waals surface area contributed by atoms with Crippen LogP contribution in [0.1, 0.15) is 17.4 Å². The zero-order valence-corrected chi connectivity index (χ0v) is 15.2. The molecule has 1 aromatic heterocycles. The Bertz CT molecular complexity index is 893. The van der Waals surface area contributed by atoms with Gasteiger partial charge in [0.25, 0.3) is 0 Å². The highest BCUT2D eigenvalue weighted by molar-refractivity contribution is 6.30. The first-order chi connectivity index (χ1) is 12.6. The average Bonchev–Trinajstić information content (AvgIpc) is 3.07. The fourth-order valence-electron chi connectivity index (χ4n) is 2.64. The van der Waals surface area contributed by atoms with Gasteiger partial charge < -0.3 is 19.9 Å². The van der Waals surface area contributed by atoms with Crippen molar-refractivity contribution in [2.75, 3.05) is 12.4 Å². The first-order valence-electron chi connectivity index (χ1n) is 8.01.